The first-order valence-electron chi connectivity index (χ1n) is 8.45. The van der Waals surface area contributed by atoms with Crippen molar-refractivity contribution in [3.05, 3.63) is 11.9 Å². The quantitative estimate of drug-likeness (QED) is 0.804. The van der Waals surface area contributed by atoms with Gasteiger partial charge in [-0.15, -0.1) is 0 Å². The number of piperidine rings is 1. The van der Waals surface area contributed by atoms with E-state index in [1.165, 1.54) is 0 Å². The van der Waals surface area contributed by atoms with Crippen LogP contribution in [0.2, 0.25) is 0 Å². The van der Waals surface area contributed by atoms with Crippen molar-refractivity contribution >= 4 is 11.6 Å². The molecule has 0 atom stereocenters. The predicted octanol–water partition coefficient (Wildman–Crippen LogP) is 0.965. The minimum Gasteiger partial charge on any atom is -0.378 e. The molecule has 4 rings (SSSR count). The average molecular weight is 320 g/mol. The first kappa shape index (κ1) is 15.1. The van der Waals surface area contributed by atoms with Crippen LogP contribution in [0.15, 0.2) is 6.07 Å². The van der Waals surface area contributed by atoms with Gasteiger partial charge in [-0.25, -0.2) is 9.97 Å². The van der Waals surface area contributed by atoms with E-state index in [9.17, 15) is 0 Å². The van der Waals surface area contributed by atoms with Gasteiger partial charge in [-0.2, -0.15) is 0 Å². The summed E-state index contributed by atoms with van der Waals surface area (Å²) in [6.07, 6.45) is 1.78. The highest BCUT2D eigenvalue weighted by molar-refractivity contribution is 5.51. The fourth-order valence-corrected chi connectivity index (χ4v) is 3.52. The summed E-state index contributed by atoms with van der Waals surface area (Å²) in [6, 6.07) is 2.10. The van der Waals surface area contributed by atoms with Crippen LogP contribution in [0.3, 0.4) is 0 Å². The second-order valence-electron chi connectivity index (χ2n) is 6.33. The molecule has 3 aliphatic rings. The van der Waals surface area contributed by atoms with Crippen molar-refractivity contribution in [3.8, 4) is 0 Å². The zero-order valence-electron chi connectivity index (χ0n) is 13.7. The third-order valence-corrected chi connectivity index (χ3v) is 4.81. The van der Waals surface area contributed by atoms with Crippen LogP contribution in [0.1, 0.15) is 18.7 Å². The average Bonchev–Trinajstić information content (AvgIpc) is 3.04. The Morgan fingerprint density at radius 3 is 2.04 bits per heavy atom. The van der Waals surface area contributed by atoms with Gasteiger partial charge >= 0.3 is 0 Å². The number of anilines is 2. The largest absolute Gasteiger partial charge is 0.378 e. The molecule has 0 saturated carbocycles. The minimum atomic E-state index is -0.342. The molecule has 7 nitrogen and oxygen atoms in total. The Morgan fingerprint density at radius 2 is 1.43 bits per heavy atom. The number of hydrogen-bond donors (Lipinski definition) is 0. The van der Waals surface area contributed by atoms with Crippen molar-refractivity contribution in [1.29, 1.82) is 0 Å². The number of rotatable bonds is 2. The molecule has 0 aromatic carbocycles. The zero-order valence-corrected chi connectivity index (χ0v) is 13.7. The fourth-order valence-electron chi connectivity index (χ4n) is 3.52. The van der Waals surface area contributed by atoms with Gasteiger partial charge in [0.25, 0.3) is 0 Å². The highest BCUT2D eigenvalue weighted by Gasteiger charge is 2.40. The molecule has 0 amide bonds. The molecule has 7 heteroatoms. The lowest BCUT2D eigenvalue weighted by Crippen LogP contribution is -2.45. The summed E-state index contributed by atoms with van der Waals surface area (Å²) in [5.41, 5.74) is 0. The molecule has 3 fully saturated rings. The van der Waals surface area contributed by atoms with Crippen molar-refractivity contribution in [2.75, 3.05) is 62.4 Å². The van der Waals surface area contributed by atoms with Crippen LogP contribution in [0, 0.1) is 6.92 Å². The standard InChI is InChI=1S/C16H24N4O3/c1-13-17-14(12-15(18-13)20-6-8-21-9-7-20)19-4-2-16(3-5-19)22-10-11-23-16/h12H,2-11H2,1H3. The maximum absolute atomic E-state index is 5.80. The van der Waals surface area contributed by atoms with Crippen molar-refractivity contribution in [3.63, 3.8) is 0 Å². The Morgan fingerprint density at radius 1 is 0.870 bits per heavy atom. The summed E-state index contributed by atoms with van der Waals surface area (Å²) in [5.74, 6) is 2.49. The van der Waals surface area contributed by atoms with Gasteiger partial charge in [0.2, 0.25) is 0 Å². The van der Waals surface area contributed by atoms with E-state index in [2.05, 4.69) is 25.8 Å². The number of morpholine rings is 1. The Labute approximate surface area is 136 Å². The first-order valence-corrected chi connectivity index (χ1v) is 8.45. The van der Waals surface area contributed by atoms with Gasteiger partial charge in [-0.1, -0.05) is 0 Å². The fraction of sp³-hybridized carbons (Fsp3) is 0.750. The maximum Gasteiger partial charge on any atom is 0.171 e. The van der Waals surface area contributed by atoms with E-state index in [0.717, 1.165) is 69.7 Å². The summed E-state index contributed by atoms with van der Waals surface area (Å²) in [5, 5.41) is 0. The van der Waals surface area contributed by atoms with Gasteiger partial charge in [-0.05, 0) is 6.92 Å². The highest BCUT2D eigenvalue weighted by Crippen LogP contribution is 2.33. The lowest BCUT2D eigenvalue weighted by molar-refractivity contribution is -0.169. The van der Waals surface area contributed by atoms with Crippen LogP contribution in [-0.2, 0) is 14.2 Å². The highest BCUT2D eigenvalue weighted by atomic mass is 16.7. The molecule has 0 radical (unpaired) electrons. The van der Waals surface area contributed by atoms with E-state index in [1.54, 1.807) is 0 Å². The Bertz CT molecular complexity index is 546. The number of ether oxygens (including phenoxy) is 3. The second kappa shape index (κ2) is 6.22. The molecule has 4 heterocycles. The van der Waals surface area contributed by atoms with E-state index < -0.39 is 0 Å². The number of aryl methyl sites for hydroxylation is 1. The van der Waals surface area contributed by atoms with Gasteiger partial charge in [0.15, 0.2) is 5.79 Å². The van der Waals surface area contributed by atoms with Crippen LogP contribution in [0.5, 0.6) is 0 Å². The summed E-state index contributed by atoms with van der Waals surface area (Å²) >= 11 is 0. The van der Waals surface area contributed by atoms with E-state index >= 15 is 0 Å². The molecular formula is C16H24N4O3. The SMILES string of the molecule is Cc1nc(N2CCOCC2)cc(N2CCC3(CC2)OCCO3)n1. The Kier molecular flexibility index (Phi) is 4.09. The Hall–Kier alpha value is -1.44. The molecule has 0 unspecified atom stereocenters. The number of nitrogens with zero attached hydrogens (tertiary/aromatic N) is 4. The molecule has 3 saturated heterocycles. The third-order valence-electron chi connectivity index (χ3n) is 4.81. The topological polar surface area (TPSA) is 60.0 Å². The lowest BCUT2D eigenvalue weighted by atomic mass is 10.0. The zero-order chi connectivity index (χ0) is 15.7. The second-order valence-corrected chi connectivity index (χ2v) is 6.33. The van der Waals surface area contributed by atoms with Gasteiger partial charge < -0.3 is 24.0 Å². The molecule has 1 aromatic rings. The van der Waals surface area contributed by atoms with Crippen molar-refractivity contribution in [2.24, 2.45) is 0 Å². The maximum atomic E-state index is 5.80. The van der Waals surface area contributed by atoms with E-state index in [4.69, 9.17) is 14.2 Å². The van der Waals surface area contributed by atoms with Crippen LogP contribution in [-0.4, -0.2) is 68.4 Å². The normalized spacial score (nSPS) is 24.4. The lowest BCUT2D eigenvalue weighted by Gasteiger charge is -2.38. The molecule has 0 bridgehead atoms. The van der Waals surface area contributed by atoms with Crippen LogP contribution < -0.4 is 9.80 Å². The van der Waals surface area contributed by atoms with Gasteiger partial charge in [0, 0.05) is 45.1 Å². The van der Waals surface area contributed by atoms with Gasteiger partial charge in [0.1, 0.15) is 17.5 Å². The Balaban J connectivity index is 1.49. The first-order chi connectivity index (χ1) is 11.2. The summed E-state index contributed by atoms with van der Waals surface area (Å²) < 4.78 is 17.0. The van der Waals surface area contributed by atoms with Gasteiger partial charge in [0.05, 0.1) is 26.4 Å². The molecule has 1 aromatic heterocycles. The number of aromatic nitrogens is 2. The molecule has 3 aliphatic heterocycles. The van der Waals surface area contributed by atoms with Crippen LogP contribution in [0.4, 0.5) is 11.6 Å². The van der Waals surface area contributed by atoms with Crippen molar-refractivity contribution in [2.45, 2.75) is 25.6 Å². The monoisotopic (exact) mass is 320 g/mol. The van der Waals surface area contributed by atoms with Gasteiger partial charge in [-0.3, -0.25) is 0 Å². The predicted molar refractivity (Wildman–Crippen MR) is 85.9 cm³/mol. The molecule has 0 N–H and O–H groups in total. The summed E-state index contributed by atoms with van der Waals surface area (Å²) in [6.45, 7) is 8.50. The minimum absolute atomic E-state index is 0.342. The molecular weight excluding hydrogens is 296 g/mol. The van der Waals surface area contributed by atoms with Crippen LogP contribution >= 0.6 is 0 Å². The molecule has 1 spiro atoms. The van der Waals surface area contributed by atoms with E-state index in [-0.39, 0.29) is 5.79 Å². The van der Waals surface area contributed by atoms with E-state index in [0.29, 0.717) is 13.2 Å². The summed E-state index contributed by atoms with van der Waals surface area (Å²) in [4.78, 5) is 13.8. The molecule has 0 aliphatic carbocycles. The van der Waals surface area contributed by atoms with Crippen molar-refractivity contribution in [1.82, 2.24) is 9.97 Å². The van der Waals surface area contributed by atoms with Crippen molar-refractivity contribution < 1.29 is 14.2 Å². The molecule has 23 heavy (non-hydrogen) atoms. The smallest absolute Gasteiger partial charge is 0.171 e. The molecule has 126 valence electrons. The summed E-state index contributed by atoms with van der Waals surface area (Å²) in [7, 11) is 0. The van der Waals surface area contributed by atoms with E-state index in [1.807, 2.05) is 6.92 Å². The van der Waals surface area contributed by atoms with Crippen LogP contribution in [0.25, 0.3) is 0 Å². The third kappa shape index (κ3) is 3.13. The number of hydrogen-bond acceptors (Lipinski definition) is 7.